The van der Waals surface area contributed by atoms with Crippen LogP contribution in [0.3, 0.4) is 0 Å². The predicted octanol–water partition coefficient (Wildman–Crippen LogP) is 0.898. The van der Waals surface area contributed by atoms with Gasteiger partial charge in [-0.3, -0.25) is 13.9 Å². The second-order valence-electron chi connectivity index (χ2n) is 3.93. The molecule has 3 unspecified atom stereocenters. The van der Waals surface area contributed by atoms with Crippen molar-refractivity contribution in [3.05, 3.63) is 12.7 Å². The van der Waals surface area contributed by atoms with Crippen LogP contribution in [0.4, 0.5) is 0 Å². The minimum absolute atomic E-state index is 0.637. The van der Waals surface area contributed by atoms with Crippen LogP contribution in [-0.2, 0) is 37.2 Å². The standard InChI is InChI=1S/C7H15O13P3/c1-2-7(5-6(8)9,18-22(13,14)15)3-4-17-23(16,20-19-10)21(11)12/h2,10,21H,1,3-5H2,(H,8,9)(H,11,12)(H2,13,14,15). The fourth-order valence-electron chi connectivity index (χ4n) is 1.36. The van der Waals surface area contributed by atoms with E-state index in [4.69, 9.17) is 25.0 Å². The second-order valence-corrected chi connectivity index (χ2v) is 9.86. The molecule has 0 aromatic heterocycles. The number of aliphatic carboxylic acids is 1. The van der Waals surface area contributed by atoms with E-state index in [9.17, 15) is 18.5 Å². The van der Waals surface area contributed by atoms with Crippen LogP contribution in [0.1, 0.15) is 12.8 Å². The van der Waals surface area contributed by atoms with Gasteiger partial charge in [0.25, 0.3) is 0 Å². The van der Waals surface area contributed by atoms with Crippen molar-refractivity contribution in [2.75, 3.05) is 6.61 Å². The molecular formula is C7H15O13P3. The van der Waals surface area contributed by atoms with Crippen molar-refractivity contribution >= 4 is 28.8 Å². The van der Waals surface area contributed by atoms with Crippen molar-refractivity contribution in [3.63, 3.8) is 0 Å². The van der Waals surface area contributed by atoms with Crippen LogP contribution < -0.4 is 0 Å². The van der Waals surface area contributed by atoms with E-state index in [1.54, 1.807) is 0 Å². The van der Waals surface area contributed by atoms with Crippen LogP contribution in [0.5, 0.6) is 0 Å². The van der Waals surface area contributed by atoms with E-state index in [0.29, 0.717) is 0 Å². The van der Waals surface area contributed by atoms with Crippen molar-refractivity contribution in [1.29, 1.82) is 0 Å². The lowest BCUT2D eigenvalue weighted by molar-refractivity contribution is -0.441. The molecule has 136 valence electrons. The molecule has 23 heavy (non-hydrogen) atoms. The van der Waals surface area contributed by atoms with E-state index in [1.165, 1.54) is 0 Å². The first-order valence-corrected chi connectivity index (χ1v) is 10.8. The Labute approximate surface area is 129 Å². The number of phosphoric acid groups is 1. The van der Waals surface area contributed by atoms with Gasteiger partial charge < -0.3 is 24.3 Å². The first-order chi connectivity index (χ1) is 10.4. The van der Waals surface area contributed by atoms with E-state index >= 15 is 0 Å². The van der Waals surface area contributed by atoms with Gasteiger partial charge >= 0.3 is 28.8 Å². The summed E-state index contributed by atoms with van der Waals surface area (Å²) in [6.07, 6.45) is -0.803. The Morgan fingerprint density at radius 3 is 2.26 bits per heavy atom. The third kappa shape index (κ3) is 8.30. The van der Waals surface area contributed by atoms with Crippen molar-refractivity contribution < 1.29 is 62.3 Å². The monoisotopic (exact) mass is 400 g/mol. The van der Waals surface area contributed by atoms with Gasteiger partial charge in [-0.1, -0.05) is 11.1 Å². The largest absolute Gasteiger partial charge is 0.481 e. The summed E-state index contributed by atoms with van der Waals surface area (Å²) in [5.74, 6) is -1.51. The lowest BCUT2D eigenvalue weighted by atomic mass is 9.96. The normalized spacial score (nSPS) is 18.6. The van der Waals surface area contributed by atoms with Crippen LogP contribution in [0.2, 0.25) is 0 Å². The van der Waals surface area contributed by atoms with Crippen molar-refractivity contribution in [2.24, 2.45) is 0 Å². The molecule has 0 saturated heterocycles. The molecule has 0 amide bonds. The molecule has 5 N–H and O–H groups in total. The van der Waals surface area contributed by atoms with Gasteiger partial charge in [-0.05, 0) is 0 Å². The average molecular weight is 400 g/mol. The first-order valence-electron chi connectivity index (χ1n) is 5.49. The molecule has 0 spiro atoms. The van der Waals surface area contributed by atoms with Crippen LogP contribution in [0.15, 0.2) is 12.7 Å². The van der Waals surface area contributed by atoms with Crippen LogP contribution in [0.25, 0.3) is 0 Å². The summed E-state index contributed by atoms with van der Waals surface area (Å²) in [7, 11) is -13.9. The van der Waals surface area contributed by atoms with Gasteiger partial charge in [0.15, 0.2) is 0 Å². The first kappa shape index (κ1) is 22.6. The SMILES string of the molecule is C=CC(CCOP(=O)(OOO)[PH](=O)O)(CC(=O)O)OP(=O)(O)O. The third-order valence-corrected chi connectivity index (χ3v) is 6.15. The molecule has 0 aromatic carbocycles. The van der Waals surface area contributed by atoms with E-state index in [0.717, 1.165) is 6.08 Å². The Bertz CT molecular complexity index is 540. The smallest absolute Gasteiger partial charge is 0.470 e. The lowest BCUT2D eigenvalue weighted by Crippen LogP contribution is -2.33. The number of rotatable bonds is 12. The predicted molar refractivity (Wildman–Crippen MR) is 72.5 cm³/mol. The fraction of sp³-hybridized carbons (Fsp3) is 0.571. The molecule has 0 rings (SSSR count). The molecule has 0 radical (unpaired) electrons. The Kier molecular flexibility index (Phi) is 9.00. The van der Waals surface area contributed by atoms with Crippen LogP contribution in [0, 0.1) is 0 Å². The topological polar surface area (TPSA) is 206 Å². The Hall–Kier alpha value is -0.420. The molecule has 0 saturated carbocycles. The minimum atomic E-state index is -5.13. The van der Waals surface area contributed by atoms with E-state index in [2.05, 4.69) is 25.3 Å². The zero-order valence-electron chi connectivity index (χ0n) is 11.3. The maximum Gasteiger partial charge on any atom is 0.470 e. The van der Waals surface area contributed by atoms with Gasteiger partial charge in [0, 0.05) is 6.42 Å². The van der Waals surface area contributed by atoms with Gasteiger partial charge in [0.2, 0.25) is 0 Å². The summed E-state index contributed by atoms with van der Waals surface area (Å²) in [5.41, 5.74) is -2.12. The summed E-state index contributed by atoms with van der Waals surface area (Å²) in [6.45, 7) is 2.39. The summed E-state index contributed by atoms with van der Waals surface area (Å²) in [5, 5.41) is 19.8. The third-order valence-electron chi connectivity index (χ3n) is 2.28. The Morgan fingerprint density at radius 2 is 1.91 bits per heavy atom. The highest BCUT2D eigenvalue weighted by Gasteiger charge is 2.40. The van der Waals surface area contributed by atoms with Gasteiger partial charge in [0.05, 0.1) is 13.0 Å². The van der Waals surface area contributed by atoms with Gasteiger partial charge in [-0.2, -0.15) is 0 Å². The Morgan fingerprint density at radius 1 is 1.35 bits per heavy atom. The number of phosphoric ester groups is 1. The summed E-state index contributed by atoms with van der Waals surface area (Å²) in [6, 6.07) is 0. The number of carboxylic acids is 1. The molecule has 0 aliphatic heterocycles. The van der Waals surface area contributed by atoms with E-state index < -0.39 is 53.8 Å². The second kappa shape index (κ2) is 9.16. The van der Waals surface area contributed by atoms with Gasteiger partial charge in [-0.25, -0.2) is 14.4 Å². The van der Waals surface area contributed by atoms with Gasteiger partial charge in [0.1, 0.15) is 5.60 Å². The molecule has 0 aromatic rings. The van der Waals surface area contributed by atoms with Crippen LogP contribution in [-0.4, -0.2) is 43.2 Å². The zero-order valence-corrected chi connectivity index (χ0v) is 14.1. The number of hydrogen-bond donors (Lipinski definition) is 5. The van der Waals surface area contributed by atoms with Gasteiger partial charge in [-0.15, -0.1) is 11.3 Å². The quantitative estimate of drug-likeness (QED) is 0.134. The summed E-state index contributed by atoms with van der Waals surface area (Å²) >= 11 is 0. The molecule has 13 nitrogen and oxygen atoms in total. The maximum absolute atomic E-state index is 11.6. The molecule has 0 bridgehead atoms. The molecule has 0 aliphatic rings. The summed E-state index contributed by atoms with van der Waals surface area (Å²) < 4.78 is 45.9. The van der Waals surface area contributed by atoms with Crippen LogP contribution >= 0.6 is 22.8 Å². The lowest BCUT2D eigenvalue weighted by Gasteiger charge is -2.29. The highest BCUT2D eigenvalue weighted by atomic mass is 32.1. The molecule has 0 aliphatic carbocycles. The van der Waals surface area contributed by atoms with Crippen molar-refractivity contribution in [2.45, 2.75) is 18.4 Å². The zero-order chi connectivity index (χ0) is 18.3. The average Bonchev–Trinajstić information content (AvgIpc) is 2.35. The number of carbonyl (C=O) groups is 1. The molecule has 3 atom stereocenters. The van der Waals surface area contributed by atoms with E-state index in [-0.39, 0.29) is 0 Å². The number of carboxylic acid groups (broad SMARTS) is 1. The van der Waals surface area contributed by atoms with Crippen molar-refractivity contribution in [3.8, 4) is 0 Å². The summed E-state index contributed by atoms with van der Waals surface area (Å²) in [4.78, 5) is 37.2. The molecular weight excluding hydrogens is 385 g/mol. The fourth-order valence-corrected chi connectivity index (χ4v) is 3.60. The maximum atomic E-state index is 11.6. The van der Waals surface area contributed by atoms with Crippen molar-refractivity contribution in [1.82, 2.24) is 0 Å². The highest BCUT2D eigenvalue weighted by molar-refractivity contribution is 8.20. The molecule has 0 heterocycles. The molecule has 0 fully saturated rings. The number of hydrogen-bond acceptors (Lipinski definition) is 9. The van der Waals surface area contributed by atoms with E-state index in [1.807, 2.05) is 0 Å². The minimum Gasteiger partial charge on any atom is -0.481 e. The Balaban J connectivity index is 5.14. The molecule has 16 heteroatoms. The highest BCUT2D eigenvalue weighted by Crippen LogP contribution is 2.68.